The first-order valence-electron chi connectivity index (χ1n) is 7.78. The topological polar surface area (TPSA) is 33.2 Å². The molecular formula is C17H25FN2O. The molecule has 21 heavy (non-hydrogen) atoms. The first kappa shape index (κ1) is 16.1. The van der Waals surface area contributed by atoms with Gasteiger partial charge < -0.3 is 0 Å². The average Bonchev–Trinajstić information content (AvgIpc) is 2.44. The van der Waals surface area contributed by atoms with Gasteiger partial charge in [-0.2, -0.15) is 0 Å². The van der Waals surface area contributed by atoms with Crippen molar-refractivity contribution < 1.29 is 9.18 Å². The summed E-state index contributed by atoms with van der Waals surface area (Å²) in [7, 11) is 0. The van der Waals surface area contributed by atoms with E-state index in [1.54, 1.807) is 0 Å². The van der Waals surface area contributed by atoms with Crippen LogP contribution >= 0.6 is 0 Å². The summed E-state index contributed by atoms with van der Waals surface area (Å²) in [6.07, 6.45) is 2.35. The highest BCUT2D eigenvalue weighted by Crippen LogP contribution is 2.27. The molecule has 3 nitrogen and oxygen atoms in total. The van der Waals surface area contributed by atoms with Crippen LogP contribution in [0, 0.1) is 23.6 Å². The van der Waals surface area contributed by atoms with E-state index in [9.17, 15) is 9.18 Å². The fourth-order valence-corrected chi connectivity index (χ4v) is 3.28. The predicted octanol–water partition coefficient (Wildman–Crippen LogP) is 3.41. The second-order valence-electron chi connectivity index (χ2n) is 6.64. The maximum Gasteiger partial charge on any atom is 0.185 e. The average molecular weight is 292 g/mol. The molecule has 1 aromatic rings. The van der Waals surface area contributed by atoms with Gasteiger partial charge in [0.25, 0.3) is 0 Å². The first-order chi connectivity index (χ1) is 9.88. The molecule has 4 unspecified atom stereocenters. The zero-order valence-electron chi connectivity index (χ0n) is 13.3. The largest absolute Gasteiger partial charge is 0.299 e. The number of hydrogen-bond donors (Lipinski definition) is 0. The van der Waals surface area contributed by atoms with Crippen LogP contribution < -0.4 is 0 Å². The predicted molar refractivity (Wildman–Crippen MR) is 81.7 cm³/mol. The van der Waals surface area contributed by atoms with Crippen molar-refractivity contribution in [3.8, 4) is 0 Å². The van der Waals surface area contributed by atoms with Crippen molar-refractivity contribution in [1.82, 2.24) is 9.88 Å². The van der Waals surface area contributed by atoms with Gasteiger partial charge in [-0.25, -0.2) is 4.39 Å². The number of pyridine rings is 1. The van der Waals surface area contributed by atoms with Crippen LogP contribution in [0.5, 0.6) is 0 Å². The molecular weight excluding hydrogens is 267 g/mol. The Kier molecular flexibility index (Phi) is 5.09. The zero-order chi connectivity index (χ0) is 15.6. The normalized spacial score (nSPS) is 28.3. The number of ketones is 1. The minimum atomic E-state index is -0.411. The van der Waals surface area contributed by atoms with Crippen LogP contribution in [0.4, 0.5) is 4.39 Å². The Bertz CT molecular complexity index is 488. The Morgan fingerprint density at radius 3 is 2.76 bits per heavy atom. The third-order valence-electron chi connectivity index (χ3n) is 4.66. The zero-order valence-corrected chi connectivity index (χ0v) is 13.3. The highest BCUT2D eigenvalue weighted by Gasteiger charge is 2.31. The van der Waals surface area contributed by atoms with E-state index >= 15 is 0 Å². The van der Waals surface area contributed by atoms with Crippen molar-refractivity contribution in [3.05, 3.63) is 29.8 Å². The number of likely N-dealkylation sites (tertiary alicyclic amines) is 1. The molecule has 0 saturated carbocycles. The molecule has 1 saturated heterocycles. The molecule has 0 radical (unpaired) electrons. The number of nitrogens with zero attached hydrogens (tertiary/aromatic N) is 2. The number of halogens is 1. The van der Waals surface area contributed by atoms with Crippen LogP contribution in [0.25, 0.3) is 0 Å². The van der Waals surface area contributed by atoms with Gasteiger partial charge in [-0.15, -0.1) is 0 Å². The summed E-state index contributed by atoms with van der Waals surface area (Å²) in [4.78, 5) is 18.7. The van der Waals surface area contributed by atoms with Gasteiger partial charge >= 0.3 is 0 Å². The third kappa shape index (κ3) is 3.88. The summed E-state index contributed by atoms with van der Waals surface area (Å²) >= 11 is 0. The third-order valence-corrected chi connectivity index (χ3v) is 4.66. The monoisotopic (exact) mass is 292 g/mol. The van der Waals surface area contributed by atoms with Crippen molar-refractivity contribution in [1.29, 1.82) is 0 Å². The van der Waals surface area contributed by atoms with E-state index < -0.39 is 5.82 Å². The Hall–Kier alpha value is -1.29. The van der Waals surface area contributed by atoms with Crippen LogP contribution in [0.2, 0.25) is 0 Å². The summed E-state index contributed by atoms with van der Waals surface area (Å²) in [5.41, 5.74) is 0.356. The number of rotatable bonds is 4. The second-order valence-corrected chi connectivity index (χ2v) is 6.64. The Morgan fingerprint density at radius 1 is 1.43 bits per heavy atom. The minimum Gasteiger partial charge on any atom is -0.299 e. The molecule has 2 heterocycles. The van der Waals surface area contributed by atoms with Crippen molar-refractivity contribution in [2.45, 2.75) is 40.2 Å². The summed E-state index contributed by atoms with van der Waals surface area (Å²) in [6.45, 7) is 10.5. The van der Waals surface area contributed by atoms with Gasteiger partial charge in [0.2, 0.25) is 0 Å². The van der Waals surface area contributed by atoms with Crippen LogP contribution in [-0.4, -0.2) is 34.8 Å². The van der Waals surface area contributed by atoms with E-state index in [0.29, 0.717) is 23.6 Å². The molecule has 1 aliphatic heterocycles. The SMILES string of the molecule is CC1CC(C)C(C)N(CC(C)C(=O)c2ccc(F)cn2)C1. The van der Waals surface area contributed by atoms with Gasteiger partial charge in [-0.1, -0.05) is 20.8 Å². The van der Waals surface area contributed by atoms with Crippen molar-refractivity contribution in [3.63, 3.8) is 0 Å². The number of piperidine rings is 1. The highest BCUT2D eigenvalue weighted by molar-refractivity contribution is 5.95. The van der Waals surface area contributed by atoms with Crippen molar-refractivity contribution >= 4 is 5.78 Å². The van der Waals surface area contributed by atoms with E-state index in [1.807, 2.05) is 6.92 Å². The maximum absolute atomic E-state index is 12.9. The lowest BCUT2D eigenvalue weighted by Crippen LogP contribution is -2.48. The van der Waals surface area contributed by atoms with Crippen LogP contribution in [0.15, 0.2) is 18.3 Å². The molecule has 0 N–H and O–H groups in total. The molecule has 1 fully saturated rings. The highest BCUT2D eigenvalue weighted by atomic mass is 19.1. The van der Waals surface area contributed by atoms with Gasteiger partial charge in [-0.3, -0.25) is 14.7 Å². The maximum atomic E-state index is 12.9. The minimum absolute atomic E-state index is 0.00641. The smallest absolute Gasteiger partial charge is 0.185 e. The lowest BCUT2D eigenvalue weighted by molar-refractivity contribution is 0.0595. The van der Waals surface area contributed by atoms with Crippen molar-refractivity contribution in [2.75, 3.05) is 13.1 Å². The molecule has 4 heteroatoms. The Morgan fingerprint density at radius 2 is 2.14 bits per heavy atom. The summed E-state index contributed by atoms with van der Waals surface area (Å²) in [5, 5.41) is 0. The van der Waals surface area contributed by atoms with Gasteiger partial charge in [0.1, 0.15) is 11.5 Å². The number of Topliss-reactive ketones (excluding diaryl/α,β-unsaturated/α-hetero) is 1. The lowest BCUT2D eigenvalue weighted by atomic mass is 9.85. The molecule has 0 amide bonds. The van der Waals surface area contributed by atoms with Crippen LogP contribution in [0.3, 0.4) is 0 Å². The van der Waals surface area contributed by atoms with Gasteiger partial charge in [0, 0.05) is 25.0 Å². The fraction of sp³-hybridized carbons (Fsp3) is 0.647. The summed E-state index contributed by atoms with van der Waals surface area (Å²) in [6, 6.07) is 3.26. The van der Waals surface area contributed by atoms with E-state index in [0.717, 1.165) is 19.3 Å². The molecule has 0 aromatic carbocycles. The second kappa shape index (κ2) is 6.65. The molecule has 2 rings (SSSR count). The molecule has 116 valence electrons. The molecule has 0 aliphatic carbocycles. The van der Waals surface area contributed by atoms with E-state index in [-0.39, 0.29) is 11.7 Å². The quantitative estimate of drug-likeness (QED) is 0.797. The molecule has 1 aliphatic rings. The molecule has 4 atom stereocenters. The van der Waals surface area contributed by atoms with Crippen LogP contribution in [0.1, 0.15) is 44.6 Å². The van der Waals surface area contributed by atoms with E-state index in [1.165, 1.54) is 18.6 Å². The lowest BCUT2D eigenvalue weighted by Gasteiger charge is -2.42. The fourth-order valence-electron chi connectivity index (χ4n) is 3.28. The van der Waals surface area contributed by atoms with Crippen molar-refractivity contribution in [2.24, 2.45) is 17.8 Å². The number of carbonyl (C=O) groups is 1. The van der Waals surface area contributed by atoms with Crippen LogP contribution in [-0.2, 0) is 0 Å². The Balaban J connectivity index is 2.01. The van der Waals surface area contributed by atoms with Gasteiger partial charge in [0.15, 0.2) is 5.78 Å². The number of aromatic nitrogens is 1. The van der Waals surface area contributed by atoms with Gasteiger partial charge in [-0.05, 0) is 37.3 Å². The summed E-state index contributed by atoms with van der Waals surface area (Å²) < 4.78 is 12.9. The Labute approximate surface area is 126 Å². The molecule has 0 spiro atoms. The standard InChI is InChI=1S/C17H25FN2O/c1-11-7-12(2)14(4)20(9-11)10-13(3)17(21)16-6-5-15(18)8-19-16/h5-6,8,11-14H,7,9-10H2,1-4H3. The molecule has 1 aromatic heterocycles. The van der Waals surface area contributed by atoms with Gasteiger partial charge in [0.05, 0.1) is 6.20 Å². The molecule has 0 bridgehead atoms. The van der Waals surface area contributed by atoms with E-state index in [4.69, 9.17) is 0 Å². The number of hydrogen-bond acceptors (Lipinski definition) is 3. The number of carbonyl (C=O) groups excluding carboxylic acids is 1. The summed E-state index contributed by atoms with van der Waals surface area (Å²) in [5.74, 6) is 0.782. The first-order valence-corrected chi connectivity index (χ1v) is 7.78. The van der Waals surface area contributed by atoms with E-state index in [2.05, 4.69) is 30.7 Å².